The number of carbonyl (C=O) groups is 4. The molecule has 2 aliphatic rings. The van der Waals surface area contributed by atoms with Crippen molar-refractivity contribution in [3.05, 3.63) is 29.3 Å². The number of benzene rings is 1. The number of phenolic OH excluding ortho intramolecular Hbond substituents is 1. The number of imide groups is 1. The molecule has 3 N–H and O–H groups in total. The van der Waals surface area contributed by atoms with Crippen molar-refractivity contribution in [2.75, 3.05) is 6.61 Å². The van der Waals surface area contributed by atoms with Gasteiger partial charge in [0.25, 0.3) is 11.8 Å². The number of esters is 1. The topological polar surface area (TPSA) is 125 Å². The maximum Gasteiger partial charge on any atom is 0.344 e. The number of ether oxygens (including phenoxy) is 1. The number of amides is 4. The average molecular weight is 389 g/mol. The smallest absolute Gasteiger partial charge is 0.344 e. The predicted molar refractivity (Wildman–Crippen MR) is 97.0 cm³/mol. The minimum Gasteiger partial charge on any atom is -0.507 e. The molecule has 1 saturated heterocycles. The summed E-state index contributed by atoms with van der Waals surface area (Å²) in [4.78, 5) is 48.9. The first-order valence-electron chi connectivity index (χ1n) is 9.15. The monoisotopic (exact) mass is 389 g/mol. The zero-order valence-electron chi connectivity index (χ0n) is 15.8. The van der Waals surface area contributed by atoms with Gasteiger partial charge in [-0.3, -0.25) is 15.0 Å². The molecule has 4 amide bonds. The van der Waals surface area contributed by atoms with Gasteiger partial charge in [0.2, 0.25) is 0 Å². The maximum atomic E-state index is 12.7. The minimum atomic E-state index is -0.971. The lowest BCUT2D eigenvalue weighted by molar-refractivity contribution is -0.141. The van der Waals surface area contributed by atoms with Crippen molar-refractivity contribution in [1.82, 2.24) is 15.8 Å². The van der Waals surface area contributed by atoms with Gasteiger partial charge in [0, 0.05) is 0 Å². The minimum absolute atomic E-state index is 0.0712. The number of hydrazine groups is 1. The highest BCUT2D eigenvalue weighted by atomic mass is 16.5. The largest absolute Gasteiger partial charge is 0.507 e. The van der Waals surface area contributed by atoms with Gasteiger partial charge >= 0.3 is 12.0 Å². The summed E-state index contributed by atoms with van der Waals surface area (Å²) in [5, 5.41) is 13.1. The molecule has 9 heteroatoms. The third-order valence-electron chi connectivity index (χ3n) is 5.23. The highest BCUT2D eigenvalue weighted by Gasteiger charge is 2.52. The van der Waals surface area contributed by atoms with Gasteiger partial charge in [-0.1, -0.05) is 18.6 Å². The fourth-order valence-electron chi connectivity index (χ4n) is 3.49. The van der Waals surface area contributed by atoms with Crippen LogP contribution in [0, 0.1) is 12.8 Å². The van der Waals surface area contributed by atoms with Crippen molar-refractivity contribution >= 4 is 23.8 Å². The Bertz CT molecular complexity index is 829. The number of carbonyl (C=O) groups excluding carboxylic acids is 4. The molecule has 0 aromatic heterocycles. The number of nitrogens with zero attached hydrogens (tertiary/aromatic N) is 1. The van der Waals surface area contributed by atoms with E-state index in [4.69, 9.17) is 4.74 Å². The molecule has 0 atom stereocenters. The normalized spacial score (nSPS) is 24.2. The van der Waals surface area contributed by atoms with E-state index >= 15 is 0 Å². The highest BCUT2D eigenvalue weighted by Crippen LogP contribution is 2.35. The van der Waals surface area contributed by atoms with Crippen LogP contribution in [-0.4, -0.2) is 46.1 Å². The van der Waals surface area contributed by atoms with Crippen LogP contribution in [-0.2, 0) is 14.3 Å². The van der Waals surface area contributed by atoms with Crippen LogP contribution in [0.5, 0.6) is 5.75 Å². The van der Waals surface area contributed by atoms with E-state index in [1.165, 1.54) is 12.1 Å². The van der Waals surface area contributed by atoms with Crippen LogP contribution >= 0.6 is 0 Å². The zero-order chi connectivity index (χ0) is 20.5. The van der Waals surface area contributed by atoms with E-state index < -0.39 is 36.0 Å². The average Bonchev–Trinajstić information content (AvgIpc) is 2.88. The van der Waals surface area contributed by atoms with Crippen LogP contribution in [0.1, 0.15) is 48.5 Å². The Morgan fingerprint density at radius 1 is 1.32 bits per heavy atom. The van der Waals surface area contributed by atoms with Crippen LogP contribution in [0.25, 0.3) is 0 Å². The Labute approximate surface area is 162 Å². The number of phenols is 1. The summed E-state index contributed by atoms with van der Waals surface area (Å²) < 4.78 is 4.88. The Morgan fingerprint density at radius 2 is 2.00 bits per heavy atom. The fourth-order valence-corrected chi connectivity index (χ4v) is 3.49. The second-order valence-electron chi connectivity index (χ2n) is 7.47. The van der Waals surface area contributed by atoms with Gasteiger partial charge in [-0.2, -0.15) is 5.01 Å². The van der Waals surface area contributed by atoms with E-state index in [9.17, 15) is 24.3 Å². The number of nitrogens with one attached hydrogen (secondary N) is 2. The maximum absolute atomic E-state index is 12.7. The lowest BCUT2D eigenvalue weighted by Crippen LogP contribution is -2.52. The summed E-state index contributed by atoms with van der Waals surface area (Å²) in [6, 6.07) is 3.71. The Morgan fingerprint density at radius 3 is 2.68 bits per heavy atom. The van der Waals surface area contributed by atoms with Crippen molar-refractivity contribution in [2.45, 2.75) is 45.1 Å². The second kappa shape index (κ2) is 7.49. The van der Waals surface area contributed by atoms with Gasteiger partial charge in [0.1, 0.15) is 16.9 Å². The Kier molecular flexibility index (Phi) is 5.26. The number of hydrogen-bond donors (Lipinski definition) is 3. The molecule has 1 aromatic rings. The fraction of sp³-hybridized carbons (Fsp3) is 0.474. The van der Waals surface area contributed by atoms with E-state index in [0.29, 0.717) is 23.8 Å². The third kappa shape index (κ3) is 3.78. The molecule has 0 radical (unpaired) electrons. The number of aryl methyl sites for hydroxylation is 1. The van der Waals surface area contributed by atoms with Crippen molar-refractivity contribution in [2.24, 2.45) is 5.92 Å². The van der Waals surface area contributed by atoms with Gasteiger partial charge in [-0.15, -0.1) is 0 Å². The van der Waals surface area contributed by atoms with Gasteiger partial charge in [0.05, 0.1) is 0 Å². The summed E-state index contributed by atoms with van der Waals surface area (Å²) in [5.41, 5.74) is 1.88. The summed E-state index contributed by atoms with van der Waals surface area (Å²) >= 11 is 0. The molecule has 1 spiro atoms. The SMILES string of the molecule is Cc1ccc(O)c(C(=O)OCC(=O)NN2C(=O)NC3(CCC(C)CC3)C2=O)c1. The lowest BCUT2D eigenvalue weighted by atomic mass is 9.77. The summed E-state index contributed by atoms with van der Waals surface area (Å²) in [6.07, 6.45) is 2.66. The van der Waals surface area contributed by atoms with Crippen molar-refractivity contribution < 1.29 is 29.0 Å². The second-order valence-corrected chi connectivity index (χ2v) is 7.47. The van der Waals surface area contributed by atoms with E-state index in [2.05, 4.69) is 17.7 Å². The Balaban J connectivity index is 1.57. The molecular formula is C19H23N3O6. The van der Waals surface area contributed by atoms with Gasteiger partial charge in [-0.25, -0.2) is 9.59 Å². The number of rotatable bonds is 4. The van der Waals surface area contributed by atoms with Crippen molar-refractivity contribution in [1.29, 1.82) is 0 Å². The van der Waals surface area contributed by atoms with E-state index in [1.807, 2.05) is 0 Å². The molecule has 1 heterocycles. The first-order valence-corrected chi connectivity index (χ1v) is 9.15. The summed E-state index contributed by atoms with van der Waals surface area (Å²) in [5.74, 6) is -1.99. The molecule has 2 fully saturated rings. The zero-order valence-corrected chi connectivity index (χ0v) is 15.8. The first kappa shape index (κ1) is 19.7. The van der Waals surface area contributed by atoms with E-state index in [0.717, 1.165) is 18.4 Å². The molecule has 1 aliphatic carbocycles. The van der Waals surface area contributed by atoms with E-state index in [-0.39, 0.29) is 11.3 Å². The number of urea groups is 1. The third-order valence-corrected chi connectivity index (χ3v) is 5.23. The van der Waals surface area contributed by atoms with Crippen molar-refractivity contribution in [3.8, 4) is 5.75 Å². The molecular weight excluding hydrogens is 366 g/mol. The quantitative estimate of drug-likeness (QED) is 0.528. The van der Waals surface area contributed by atoms with Crippen LogP contribution < -0.4 is 10.7 Å². The number of hydrogen-bond acceptors (Lipinski definition) is 6. The molecule has 9 nitrogen and oxygen atoms in total. The number of aromatic hydroxyl groups is 1. The first-order chi connectivity index (χ1) is 13.2. The molecule has 28 heavy (non-hydrogen) atoms. The molecule has 0 unspecified atom stereocenters. The van der Waals surface area contributed by atoms with Gasteiger partial charge in [0.15, 0.2) is 6.61 Å². The molecule has 1 aliphatic heterocycles. The predicted octanol–water partition coefficient (Wildman–Crippen LogP) is 1.39. The summed E-state index contributed by atoms with van der Waals surface area (Å²) in [7, 11) is 0. The highest BCUT2D eigenvalue weighted by molar-refractivity contribution is 6.08. The molecule has 150 valence electrons. The van der Waals surface area contributed by atoms with Crippen LogP contribution in [0.4, 0.5) is 4.79 Å². The Hall–Kier alpha value is -3.10. The van der Waals surface area contributed by atoms with Crippen molar-refractivity contribution in [3.63, 3.8) is 0 Å². The van der Waals surface area contributed by atoms with Gasteiger partial charge in [-0.05, 0) is 50.7 Å². The lowest BCUT2D eigenvalue weighted by Gasteiger charge is -2.33. The molecule has 3 rings (SSSR count). The van der Waals surface area contributed by atoms with Gasteiger partial charge < -0.3 is 15.2 Å². The summed E-state index contributed by atoms with van der Waals surface area (Å²) in [6.45, 7) is 3.13. The molecule has 0 bridgehead atoms. The van der Waals surface area contributed by atoms with Crippen LogP contribution in [0.2, 0.25) is 0 Å². The van der Waals surface area contributed by atoms with Crippen LogP contribution in [0.15, 0.2) is 18.2 Å². The standard InChI is InChI=1S/C19H23N3O6/c1-11-5-7-19(8-6-11)17(26)22(18(27)20-19)21-15(24)10-28-16(25)13-9-12(2)3-4-14(13)23/h3-4,9,11,23H,5-8,10H2,1-2H3,(H,20,27)(H,21,24). The van der Waals surface area contributed by atoms with Crippen LogP contribution in [0.3, 0.4) is 0 Å². The molecule has 1 aromatic carbocycles. The molecule has 1 saturated carbocycles. The van der Waals surface area contributed by atoms with E-state index in [1.54, 1.807) is 13.0 Å².